The van der Waals surface area contributed by atoms with Gasteiger partial charge in [-0.3, -0.25) is 9.69 Å². The van der Waals surface area contributed by atoms with E-state index in [-0.39, 0.29) is 11.9 Å². The maximum Gasteiger partial charge on any atom is 0.224 e. The summed E-state index contributed by atoms with van der Waals surface area (Å²) in [6, 6.07) is 8.23. The quantitative estimate of drug-likeness (QED) is 0.805. The maximum absolute atomic E-state index is 12.2. The van der Waals surface area contributed by atoms with Gasteiger partial charge in [0.25, 0.3) is 0 Å². The summed E-state index contributed by atoms with van der Waals surface area (Å²) in [4.78, 5) is 16.3. The molecule has 0 radical (unpaired) electrons. The van der Waals surface area contributed by atoms with Gasteiger partial charge in [0.1, 0.15) is 5.75 Å². The lowest BCUT2D eigenvalue weighted by atomic mass is 10.1. The molecule has 5 heteroatoms. The predicted molar refractivity (Wildman–Crippen MR) is 86.1 cm³/mol. The fraction of sp³-hybridized carbons (Fsp3) is 0.588. The Hall–Kier alpha value is -1.59. The van der Waals surface area contributed by atoms with Gasteiger partial charge < -0.3 is 14.4 Å². The Kier molecular flexibility index (Phi) is 6.21. The minimum absolute atomic E-state index is 0.202. The number of nitrogens with zero attached hydrogens (tertiary/aromatic N) is 2. The highest BCUT2D eigenvalue weighted by Crippen LogP contribution is 2.28. The summed E-state index contributed by atoms with van der Waals surface area (Å²) in [6.07, 6.45) is 0.538. The molecule has 0 aromatic heterocycles. The molecular weight excluding hydrogens is 280 g/mol. The summed E-state index contributed by atoms with van der Waals surface area (Å²) in [5.41, 5.74) is 1.14. The van der Waals surface area contributed by atoms with Gasteiger partial charge in [0, 0.05) is 37.7 Å². The number of hydrogen-bond donors (Lipinski definition) is 0. The van der Waals surface area contributed by atoms with Crippen molar-refractivity contribution in [2.24, 2.45) is 0 Å². The van der Waals surface area contributed by atoms with E-state index in [1.807, 2.05) is 30.1 Å². The Bertz CT molecular complexity index is 487. The Morgan fingerprint density at radius 2 is 2.05 bits per heavy atom. The van der Waals surface area contributed by atoms with Gasteiger partial charge in [0.2, 0.25) is 5.91 Å². The highest BCUT2D eigenvalue weighted by Gasteiger charge is 2.20. The fourth-order valence-electron chi connectivity index (χ4n) is 2.69. The molecule has 1 heterocycles. The van der Waals surface area contributed by atoms with E-state index in [0.29, 0.717) is 32.7 Å². The molecular formula is C17H26N2O3. The number of ether oxygens (including phenoxy) is 2. The van der Waals surface area contributed by atoms with Crippen LogP contribution in [0.25, 0.3) is 0 Å². The summed E-state index contributed by atoms with van der Waals surface area (Å²) in [5.74, 6) is 1.10. The van der Waals surface area contributed by atoms with E-state index in [1.54, 1.807) is 7.11 Å². The summed E-state index contributed by atoms with van der Waals surface area (Å²) in [5, 5.41) is 0. The first-order chi connectivity index (χ1) is 10.6. The van der Waals surface area contributed by atoms with Crippen molar-refractivity contribution in [3.63, 3.8) is 0 Å². The first-order valence-electron chi connectivity index (χ1n) is 7.82. The van der Waals surface area contributed by atoms with Crippen molar-refractivity contribution in [1.29, 1.82) is 0 Å². The van der Waals surface area contributed by atoms with Gasteiger partial charge in [-0.15, -0.1) is 0 Å². The average Bonchev–Trinajstić information content (AvgIpc) is 2.59. The number of carbonyl (C=O) groups is 1. The minimum atomic E-state index is 0.202. The number of methoxy groups -OCH3 is 1. The predicted octanol–water partition coefficient (Wildman–Crippen LogP) is 1.94. The van der Waals surface area contributed by atoms with Crippen LogP contribution in [0, 0.1) is 0 Å². The van der Waals surface area contributed by atoms with Gasteiger partial charge in [-0.1, -0.05) is 18.2 Å². The van der Waals surface area contributed by atoms with E-state index < -0.39 is 0 Å². The van der Waals surface area contributed by atoms with Crippen LogP contribution >= 0.6 is 0 Å². The Morgan fingerprint density at radius 3 is 2.73 bits per heavy atom. The Labute approximate surface area is 132 Å². The van der Waals surface area contributed by atoms with Crippen molar-refractivity contribution in [3.8, 4) is 5.75 Å². The molecule has 5 nitrogen and oxygen atoms in total. The highest BCUT2D eigenvalue weighted by molar-refractivity contribution is 5.76. The second kappa shape index (κ2) is 8.15. The van der Waals surface area contributed by atoms with Crippen LogP contribution in [0.3, 0.4) is 0 Å². The van der Waals surface area contributed by atoms with Crippen LogP contribution in [0.1, 0.15) is 24.9 Å². The van der Waals surface area contributed by atoms with Crippen molar-refractivity contribution in [2.45, 2.75) is 19.4 Å². The molecule has 1 atom stereocenters. The number of rotatable bonds is 6. The van der Waals surface area contributed by atoms with Crippen molar-refractivity contribution >= 4 is 5.91 Å². The lowest BCUT2D eigenvalue weighted by Crippen LogP contribution is -2.41. The Balaban J connectivity index is 1.88. The lowest BCUT2D eigenvalue weighted by Gasteiger charge is -2.29. The topological polar surface area (TPSA) is 42.0 Å². The highest BCUT2D eigenvalue weighted by atomic mass is 16.5. The molecule has 2 rings (SSSR count). The molecule has 1 fully saturated rings. The van der Waals surface area contributed by atoms with Crippen LogP contribution in [0.15, 0.2) is 24.3 Å². The van der Waals surface area contributed by atoms with Crippen LogP contribution in [0.2, 0.25) is 0 Å². The summed E-state index contributed by atoms with van der Waals surface area (Å²) in [7, 11) is 3.73. The van der Waals surface area contributed by atoms with Gasteiger partial charge in [0.15, 0.2) is 0 Å². The van der Waals surface area contributed by atoms with Crippen molar-refractivity contribution in [3.05, 3.63) is 29.8 Å². The molecule has 1 aromatic carbocycles. The SMILES string of the molecule is COc1ccccc1C(C)N(C)CCC(=O)N1CCOCC1. The molecule has 1 aliphatic heterocycles. The maximum atomic E-state index is 12.2. The molecule has 0 bridgehead atoms. The van der Waals surface area contributed by atoms with E-state index in [1.165, 1.54) is 0 Å². The zero-order chi connectivity index (χ0) is 15.9. The molecule has 1 aromatic rings. The molecule has 1 saturated heterocycles. The van der Waals surface area contributed by atoms with E-state index in [9.17, 15) is 4.79 Å². The second-order valence-electron chi connectivity index (χ2n) is 5.64. The third-order valence-corrected chi connectivity index (χ3v) is 4.29. The van der Waals surface area contributed by atoms with Crippen LogP contribution in [0.4, 0.5) is 0 Å². The van der Waals surface area contributed by atoms with E-state index in [2.05, 4.69) is 17.9 Å². The number of carbonyl (C=O) groups excluding carboxylic acids is 1. The number of para-hydroxylation sites is 1. The molecule has 0 aliphatic carbocycles. The van der Waals surface area contributed by atoms with E-state index >= 15 is 0 Å². The standard InChI is InChI=1S/C17H26N2O3/c1-14(15-6-4-5-7-16(15)21-3)18(2)9-8-17(20)19-10-12-22-13-11-19/h4-7,14H,8-13H2,1-3H3. The van der Waals surface area contributed by atoms with E-state index in [4.69, 9.17) is 9.47 Å². The molecule has 1 amide bonds. The number of benzene rings is 1. The van der Waals surface area contributed by atoms with Gasteiger partial charge in [-0.25, -0.2) is 0 Å². The monoisotopic (exact) mass is 306 g/mol. The first-order valence-corrected chi connectivity index (χ1v) is 7.82. The van der Waals surface area contributed by atoms with E-state index in [0.717, 1.165) is 17.9 Å². The molecule has 122 valence electrons. The van der Waals surface area contributed by atoms with Crippen LogP contribution in [-0.4, -0.2) is 62.7 Å². The zero-order valence-corrected chi connectivity index (χ0v) is 13.7. The lowest BCUT2D eigenvalue weighted by molar-refractivity contribution is -0.135. The Morgan fingerprint density at radius 1 is 1.36 bits per heavy atom. The van der Waals surface area contributed by atoms with Crippen LogP contribution in [-0.2, 0) is 9.53 Å². The summed E-state index contributed by atoms with van der Waals surface area (Å²) >= 11 is 0. The number of morpholine rings is 1. The first kappa shape index (κ1) is 16.8. The van der Waals surface area contributed by atoms with Gasteiger partial charge in [0.05, 0.1) is 20.3 Å². The van der Waals surface area contributed by atoms with Gasteiger partial charge >= 0.3 is 0 Å². The molecule has 0 saturated carbocycles. The third kappa shape index (κ3) is 4.21. The van der Waals surface area contributed by atoms with Crippen LogP contribution in [0.5, 0.6) is 5.75 Å². The summed E-state index contributed by atoms with van der Waals surface area (Å²) < 4.78 is 10.7. The average molecular weight is 306 g/mol. The minimum Gasteiger partial charge on any atom is -0.496 e. The largest absolute Gasteiger partial charge is 0.496 e. The number of amides is 1. The third-order valence-electron chi connectivity index (χ3n) is 4.29. The normalized spacial score (nSPS) is 16.6. The van der Waals surface area contributed by atoms with Gasteiger partial charge in [-0.2, -0.15) is 0 Å². The smallest absolute Gasteiger partial charge is 0.224 e. The second-order valence-corrected chi connectivity index (χ2v) is 5.64. The molecule has 0 spiro atoms. The molecule has 0 N–H and O–H groups in total. The van der Waals surface area contributed by atoms with Crippen LogP contribution < -0.4 is 4.74 Å². The van der Waals surface area contributed by atoms with Crippen molar-refractivity contribution in [1.82, 2.24) is 9.80 Å². The van der Waals surface area contributed by atoms with Gasteiger partial charge in [-0.05, 0) is 20.0 Å². The fourth-order valence-corrected chi connectivity index (χ4v) is 2.69. The molecule has 1 aliphatic rings. The number of hydrogen-bond acceptors (Lipinski definition) is 4. The zero-order valence-electron chi connectivity index (χ0n) is 13.7. The summed E-state index contributed by atoms with van der Waals surface area (Å²) in [6.45, 7) is 5.60. The van der Waals surface area contributed by atoms with Crippen molar-refractivity contribution in [2.75, 3.05) is 47.0 Å². The van der Waals surface area contributed by atoms with Crippen molar-refractivity contribution < 1.29 is 14.3 Å². The molecule has 22 heavy (non-hydrogen) atoms. The molecule has 1 unspecified atom stereocenters.